The molecule has 21 heavy (non-hydrogen) atoms. The van der Waals surface area contributed by atoms with Crippen molar-refractivity contribution in [1.82, 2.24) is 4.90 Å². The second-order valence-corrected chi connectivity index (χ2v) is 6.27. The number of rotatable bonds is 6. The number of carbonyl (C=O) groups is 1. The largest absolute Gasteiger partial charge is 0.481 e. The lowest BCUT2D eigenvalue weighted by Gasteiger charge is -2.16. The van der Waals surface area contributed by atoms with Crippen molar-refractivity contribution in [2.75, 3.05) is 13.1 Å². The standard InChI is InChI=1S/C14H17BrN2O4/c15-12-3-2-11(13(7-12)17(20)21)9-16-6-5-10(8-16)1-4-14(18)19/h2-3,7,10H,1,4-6,8-9H2,(H,18,19). The molecule has 1 heterocycles. The first-order valence-corrected chi connectivity index (χ1v) is 7.62. The Morgan fingerprint density at radius 3 is 2.95 bits per heavy atom. The van der Waals surface area contributed by atoms with Gasteiger partial charge >= 0.3 is 5.97 Å². The van der Waals surface area contributed by atoms with Crippen molar-refractivity contribution < 1.29 is 14.8 Å². The Morgan fingerprint density at radius 1 is 1.52 bits per heavy atom. The highest BCUT2D eigenvalue weighted by atomic mass is 79.9. The van der Waals surface area contributed by atoms with Crippen LogP contribution in [0.5, 0.6) is 0 Å². The summed E-state index contributed by atoms with van der Waals surface area (Å²) in [4.78, 5) is 23.5. The highest BCUT2D eigenvalue weighted by Gasteiger charge is 2.25. The highest BCUT2D eigenvalue weighted by Crippen LogP contribution is 2.28. The first-order chi connectivity index (χ1) is 9.95. The molecular weight excluding hydrogens is 340 g/mol. The van der Waals surface area contributed by atoms with Crippen LogP contribution in [0.1, 0.15) is 24.8 Å². The minimum Gasteiger partial charge on any atom is -0.481 e. The van der Waals surface area contributed by atoms with Gasteiger partial charge in [0.2, 0.25) is 0 Å². The molecule has 0 spiro atoms. The number of carboxylic acids is 1. The van der Waals surface area contributed by atoms with Crippen LogP contribution in [0.25, 0.3) is 0 Å². The average Bonchev–Trinajstić information content (AvgIpc) is 2.86. The van der Waals surface area contributed by atoms with Crippen LogP contribution in [0.15, 0.2) is 22.7 Å². The van der Waals surface area contributed by atoms with Gasteiger partial charge in [-0.05, 0) is 37.4 Å². The van der Waals surface area contributed by atoms with Gasteiger partial charge in [0, 0.05) is 35.6 Å². The third kappa shape index (κ3) is 4.50. The maximum atomic E-state index is 11.1. The molecule has 6 nitrogen and oxygen atoms in total. The minimum absolute atomic E-state index is 0.123. The van der Waals surface area contributed by atoms with Gasteiger partial charge < -0.3 is 5.11 Å². The SMILES string of the molecule is O=C(O)CCC1CCN(Cc2ccc(Br)cc2[N+](=O)[O-])C1. The van der Waals surface area contributed by atoms with E-state index in [-0.39, 0.29) is 17.0 Å². The molecule has 0 aliphatic carbocycles. The van der Waals surface area contributed by atoms with Gasteiger partial charge in [-0.25, -0.2) is 0 Å². The Morgan fingerprint density at radius 2 is 2.29 bits per heavy atom. The fourth-order valence-corrected chi connectivity index (χ4v) is 3.05. The summed E-state index contributed by atoms with van der Waals surface area (Å²) in [7, 11) is 0. The molecule has 2 rings (SSSR count). The number of nitrogens with zero attached hydrogens (tertiary/aromatic N) is 2. The van der Waals surface area contributed by atoms with Crippen molar-refractivity contribution in [3.05, 3.63) is 38.3 Å². The maximum Gasteiger partial charge on any atom is 0.303 e. The molecule has 1 atom stereocenters. The van der Waals surface area contributed by atoms with Crippen LogP contribution >= 0.6 is 15.9 Å². The lowest BCUT2D eigenvalue weighted by Crippen LogP contribution is -2.21. The Hall–Kier alpha value is -1.47. The van der Waals surface area contributed by atoms with Crippen LogP contribution in [0.3, 0.4) is 0 Å². The smallest absolute Gasteiger partial charge is 0.303 e. The monoisotopic (exact) mass is 356 g/mol. The van der Waals surface area contributed by atoms with Gasteiger partial charge in [0.05, 0.1) is 4.92 Å². The van der Waals surface area contributed by atoms with Gasteiger partial charge in [0.15, 0.2) is 0 Å². The lowest BCUT2D eigenvalue weighted by molar-refractivity contribution is -0.385. The molecule has 7 heteroatoms. The summed E-state index contributed by atoms with van der Waals surface area (Å²) in [5.41, 5.74) is 0.820. The van der Waals surface area contributed by atoms with Gasteiger partial charge in [-0.3, -0.25) is 19.8 Å². The minimum atomic E-state index is -0.767. The van der Waals surface area contributed by atoms with Gasteiger partial charge in [-0.1, -0.05) is 15.9 Å². The van der Waals surface area contributed by atoms with E-state index < -0.39 is 5.97 Å². The van der Waals surface area contributed by atoms with E-state index in [0.29, 0.717) is 28.9 Å². The van der Waals surface area contributed by atoms with E-state index in [4.69, 9.17) is 5.11 Å². The van der Waals surface area contributed by atoms with Crippen LogP contribution in [-0.2, 0) is 11.3 Å². The molecule has 1 aromatic rings. The number of halogens is 1. The van der Waals surface area contributed by atoms with E-state index in [1.165, 1.54) is 6.07 Å². The molecule has 0 bridgehead atoms. The van der Waals surface area contributed by atoms with Crippen LogP contribution in [0.2, 0.25) is 0 Å². The second kappa shape index (κ2) is 7.00. The quantitative estimate of drug-likeness (QED) is 0.625. The zero-order chi connectivity index (χ0) is 15.4. The molecule has 1 aliphatic rings. The van der Waals surface area contributed by atoms with Crippen molar-refractivity contribution in [1.29, 1.82) is 0 Å². The number of benzene rings is 1. The normalized spacial score (nSPS) is 18.8. The molecule has 0 radical (unpaired) electrons. The summed E-state index contributed by atoms with van der Waals surface area (Å²) in [5, 5.41) is 19.8. The number of nitro groups is 1. The molecular formula is C14H17BrN2O4. The van der Waals surface area contributed by atoms with Gasteiger partial charge in [-0.2, -0.15) is 0 Å². The third-order valence-corrected chi connectivity index (χ3v) is 4.27. The van der Waals surface area contributed by atoms with Crippen LogP contribution in [-0.4, -0.2) is 34.0 Å². The zero-order valence-corrected chi connectivity index (χ0v) is 13.1. The van der Waals surface area contributed by atoms with E-state index in [0.717, 1.165) is 19.5 Å². The summed E-state index contributed by atoms with van der Waals surface area (Å²) in [5.74, 6) is -0.396. The summed E-state index contributed by atoms with van der Waals surface area (Å²) < 4.78 is 0.693. The Kier molecular flexibility index (Phi) is 5.30. The first kappa shape index (κ1) is 15.9. The number of hydrogen-bond acceptors (Lipinski definition) is 4. The van der Waals surface area contributed by atoms with Crippen molar-refractivity contribution in [2.24, 2.45) is 5.92 Å². The molecule has 1 N–H and O–H groups in total. The van der Waals surface area contributed by atoms with Crippen molar-refractivity contribution in [3.8, 4) is 0 Å². The number of aliphatic carboxylic acids is 1. The maximum absolute atomic E-state index is 11.1. The highest BCUT2D eigenvalue weighted by molar-refractivity contribution is 9.10. The van der Waals surface area contributed by atoms with E-state index >= 15 is 0 Å². The Bertz CT molecular complexity index is 550. The van der Waals surface area contributed by atoms with Crippen LogP contribution in [0, 0.1) is 16.0 Å². The lowest BCUT2D eigenvalue weighted by atomic mass is 10.0. The molecule has 0 aromatic heterocycles. The fraction of sp³-hybridized carbons (Fsp3) is 0.500. The molecule has 1 aromatic carbocycles. The summed E-state index contributed by atoms with van der Waals surface area (Å²) in [6.45, 7) is 2.20. The molecule has 1 aliphatic heterocycles. The molecule has 1 unspecified atom stereocenters. The van der Waals surface area contributed by atoms with Gasteiger partial charge in [0.25, 0.3) is 5.69 Å². The molecule has 1 fully saturated rings. The Balaban J connectivity index is 1.97. The van der Waals surface area contributed by atoms with Gasteiger partial charge in [-0.15, -0.1) is 0 Å². The molecule has 1 saturated heterocycles. The van der Waals surface area contributed by atoms with E-state index in [1.54, 1.807) is 12.1 Å². The Labute approximate surface area is 131 Å². The second-order valence-electron chi connectivity index (χ2n) is 5.35. The van der Waals surface area contributed by atoms with Crippen LogP contribution in [0.4, 0.5) is 5.69 Å². The molecule has 0 saturated carbocycles. The van der Waals surface area contributed by atoms with Gasteiger partial charge in [0.1, 0.15) is 0 Å². The zero-order valence-electron chi connectivity index (χ0n) is 11.5. The van der Waals surface area contributed by atoms with Crippen LogP contribution < -0.4 is 0 Å². The van der Waals surface area contributed by atoms with Crippen molar-refractivity contribution in [2.45, 2.75) is 25.8 Å². The number of hydrogen-bond donors (Lipinski definition) is 1. The topological polar surface area (TPSA) is 83.7 Å². The number of nitro benzene ring substituents is 1. The molecule has 0 amide bonds. The van der Waals surface area contributed by atoms with E-state index in [1.807, 2.05) is 0 Å². The average molecular weight is 357 g/mol. The number of carboxylic acid groups (broad SMARTS) is 1. The van der Waals surface area contributed by atoms with Crippen molar-refractivity contribution in [3.63, 3.8) is 0 Å². The van der Waals surface area contributed by atoms with Crippen molar-refractivity contribution >= 4 is 27.6 Å². The van der Waals surface area contributed by atoms with E-state index in [2.05, 4.69) is 20.8 Å². The predicted octanol–water partition coefficient (Wildman–Crippen LogP) is 3.04. The predicted molar refractivity (Wildman–Crippen MR) is 81.1 cm³/mol. The fourth-order valence-electron chi connectivity index (χ4n) is 2.70. The first-order valence-electron chi connectivity index (χ1n) is 6.82. The molecule has 114 valence electrons. The summed E-state index contributed by atoms with van der Waals surface area (Å²) in [6.07, 6.45) is 1.82. The summed E-state index contributed by atoms with van der Waals surface area (Å²) >= 11 is 3.25. The summed E-state index contributed by atoms with van der Waals surface area (Å²) in [6, 6.07) is 5.10. The number of likely N-dealkylation sites (tertiary alicyclic amines) is 1. The third-order valence-electron chi connectivity index (χ3n) is 3.77. The van der Waals surface area contributed by atoms with E-state index in [9.17, 15) is 14.9 Å².